The molecule has 110 valence electrons. The van der Waals surface area contributed by atoms with Crippen LogP contribution in [-0.4, -0.2) is 33.3 Å². The number of hydrogen-bond acceptors (Lipinski definition) is 6. The van der Waals surface area contributed by atoms with Gasteiger partial charge in [-0.25, -0.2) is 27.0 Å². The van der Waals surface area contributed by atoms with E-state index >= 15 is 0 Å². The lowest BCUT2D eigenvalue weighted by Gasteiger charge is -2.06. The molecule has 0 saturated heterocycles. The second kappa shape index (κ2) is 5.40. The van der Waals surface area contributed by atoms with Gasteiger partial charge in [0.15, 0.2) is 14.9 Å². The van der Waals surface area contributed by atoms with Crippen LogP contribution in [0.2, 0.25) is 0 Å². The molecule has 0 saturated carbocycles. The molecule has 0 bridgehead atoms. The third-order valence-electron chi connectivity index (χ3n) is 2.74. The van der Waals surface area contributed by atoms with Crippen LogP contribution in [0.3, 0.4) is 0 Å². The van der Waals surface area contributed by atoms with Crippen molar-refractivity contribution in [3.8, 4) is 6.07 Å². The Morgan fingerprint density at radius 3 is 2.43 bits per heavy atom. The third-order valence-corrected chi connectivity index (χ3v) is 5.41. The van der Waals surface area contributed by atoms with Crippen molar-refractivity contribution in [2.75, 3.05) is 11.5 Å². The van der Waals surface area contributed by atoms with Gasteiger partial charge in [0.2, 0.25) is 10.0 Å². The number of nitriles is 1. The molecule has 0 amide bonds. The van der Waals surface area contributed by atoms with E-state index in [1.54, 1.807) is 30.3 Å². The number of nitrogens with zero attached hydrogens (tertiary/aromatic N) is 2. The van der Waals surface area contributed by atoms with E-state index in [4.69, 9.17) is 10.4 Å². The fourth-order valence-electron chi connectivity index (χ4n) is 1.74. The molecule has 1 aromatic heterocycles. The van der Waals surface area contributed by atoms with Crippen molar-refractivity contribution < 1.29 is 16.8 Å². The van der Waals surface area contributed by atoms with E-state index in [1.165, 1.54) is 6.07 Å². The largest absolute Gasteiger partial charge is 0.235 e. The number of pyridine rings is 1. The Morgan fingerprint density at radius 1 is 1.14 bits per heavy atom. The van der Waals surface area contributed by atoms with Gasteiger partial charge in [0.25, 0.3) is 0 Å². The van der Waals surface area contributed by atoms with Crippen LogP contribution in [0, 0.1) is 11.3 Å². The van der Waals surface area contributed by atoms with Crippen molar-refractivity contribution >= 4 is 30.8 Å². The number of sulfonamides is 1. The van der Waals surface area contributed by atoms with Crippen LogP contribution in [0.4, 0.5) is 0 Å². The topological polar surface area (TPSA) is 131 Å². The summed E-state index contributed by atoms with van der Waals surface area (Å²) in [5.74, 6) is -1.44. The van der Waals surface area contributed by atoms with Crippen LogP contribution < -0.4 is 5.14 Å². The van der Waals surface area contributed by atoms with E-state index in [1.807, 2.05) is 0 Å². The Labute approximate surface area is 122 Å². The van der Waals surface area contributed by atoms with E-state index in [-0.39, 0.29) is 5.56 Å². The highest BCUT2D eigenvalue weighted by molar-refractivity contribution is 7.94. The minimum atomic E-state index is -4.02. The van der Waals surface area contributed by atoms with E-state index in [0.717, 1.165) is 0 Å². The first kappa shape index (κ1) is 15.4. The fourth-order valence-corrected chi connectivity index (χ4v) is 4.42. The van der Waals surface area contributed by atoms with Crippen molar-refractivity contribution in [2.24, 2.45) is 5.14 Å². The fraction of sp³-hybridized carbons (Fsp3) is 0.167. The molecule has 2 aromatic rings. The molecule has 1 heterocycles. The lowest BCUT2D eigenvalue weighted by atomic mass is 10.2. The van der Waals surface area contributed by atoms with Crippen LogP contribution in [0.15, 0.2) is 35.4 Å². The number of nitrogens with two attached hydrogens (primary N) is 1. The molecular weight excluding hydrogens is 314 g/mol. The van der Waals surface area contributed by atoms with E-state index < -0.39 is 36.4 Å². The minimum Gasteiger partial charge on any atom is -0.235 e. The molecule has 0 aliphatic rings. The maximum absolute atomic E-state index is 12.2. The highest BCUT2D eigenvalue weighted by atomic mass is 32.2. The number of sulfone groups is 1. The van der Waals surface area contributed by atoms with Crippen molar-refractivity contribution in [2.45, 2.75) is 5.03 Å². The highest BCUT2D eigenvalue weighted by Gasteiger charge is 2.23. The normalized spacial score (nSPS) is 12.2. The van der Waals surface area contributed by atoms with Gasteiger partial charge < -0.3 is 0 Å². The number of primary sulfonamides is 1. The summed E-state index contributed by atoms with van der Waals surface area (Å²) in [7, 11) is -7.94. The first-order chi connectivity index (χ1) is 9.73. The van der Waals surface area contributed by atoms with E-state index in [9.17, 15) is 16.8 Å². The summed E-state index contributed by atoms with van der Waals surface area (Å²) >= 11 is 0. The number of para-hydroxylation sites is 1. The van der Waals surface area contributed by atoms with E-state index in [2.05, 4.69) is 4.98 Å². The zero-order valence-electron chi connectivity index (χ0n) is 10.7. The van der Waals surface area contributed by atoms with Crippen molar-refractivity contribution in [3.05, 3.63) is 35.9 Å². The second-order valence-electron chi connectivity index (χ2n) is 4.33. The molecule has 0 aliphatic heterocycles. The predicted molar refractivity (Wildman–Crippen MR) is 76.5 cm³/mol. The summed E-state index contributed by atoms with van der Waals surface area (Å²) in [6.45, 7) is 0. The van der Waals surface area contributed by atoms with Gasteiger partial charge in [-0.15, -0.1) is 0 Å². The third kappa shape index (κ3) is 3.55. The number of aromatic nitrogens is 1. The number of benzene rings is 1. The number of rotatable bonds is 4. The van der Waals surface area contributed by atoms with Gasteiger partial charge in [-0.2, -0.15) is 5.26 Å². The average molecular weight is 325 g/mol. The zero-order chi connectivity index (χ0) is 15.7. The predicted octanol–water partition coefficient (Wildman–Crippen LogP) is 0.169. The van der Waals surface area contributed by atoms with Crippen LogP contribution in [0.5, 0.6) is 0 Å². The Morgan fingerprint density at radius 2 is 1.81 bits per heavy atom. The monoisotopic (exact) mass is 325 g/mol. The number of hydrogen-bond donors (Lipinski definition) is 1. The molecule has 1 aromatic carbocycles. The van der Waals surface area contributed by atoms with Gasteiger partial charge in [-0.3, -0.25) is 0 Å². The molecule has 0 unspecified atom stereocenters. The summed E-state index contributed by atoms with van der Waals surface area (Å²) in [6, 6.07) is 9.90. The summed E-state index contributed by atoms with van der Waals surface area (Å²) in [6.07, 6.45) is 0. The van der Waals surface area contributed by atoms with Gasteiger partial charge in [-0.05, 0) is 12.1 Å². The molecular formula is C12H11N3O4S2. The highest BCUT2D eigenvalue weighted by Crippen LogP contribution is 2.20. The van der Waals surface area contributed by atoms with Crippen LogP contribution >= 0.6 is 0 Å². The molecule has 0 atom stereocenters. The Bertz CT molecular complexity index is 944. The van der Waals surface area contributed by atoms with Gasteiger partial charge in [-0.1, -0.05) is 18.2 Å². The summed E-state index contributed by atoms with van der Waals surface area (Å²) in [5.41, 5.74) is 0.286. The maximum atomic E-state index is 12.2. The Balaban J connectivity index is 2.57. The van der Waals surface area contributed by atoms with E-state index in [0.29, 0.717) is 10.9 Å². The standard InChI is InChI=1S/C12H11N3O4S2/c13-8-10-7-9-3-1-2-4-11(9)15-12(10)20(16,17)5-6-21(14,18)19/h1-4,7H,5-6H2,(H2,14,18,19). The van der Waals surface area contributed by atoms with Crippen molar-refractivity contribution in [1.29, 1.82) is 5.26 Å². The summed E-state index contributed by atoms with van der Waals surface area (Å²) < 4.78 is 46.1. The molecule has 0 radical (unpaired) electrons. The summed E-state index contributed by atoms with van der Waals surface area (Å²) in [5, 5.41) is 14.1. The van der Waals surface area contributed by atoms with Crippen molar-refractivity contribution in [1.82, 2.24) is 4.98 Å². The quantitative estimate of drug-likeness (QED) is 0.852. The summed E-state index contributed by atoms with van der Waals surface area (Å²) in [4.78, 5) is 3.97. The zero-order valence-corrected chi connectivity index (χ0v) is 12.4. The molecule has 0 aliphatic carbocycles. The van der Waals surface area contributed by atoms with Crippen LogP contribution in [0.1, 0.15) is 5.56 Å². The van der Waals surface area contributed by atoms with Gasteiger partial charge in [0.05, 0.1) is 22.6 Å². The number of fused-ring (bicyclic) bond motifs is 1. The van der Waals surface area contributed by atoms with Crippen molar-refractivity contribution in [3.63, 3.8) is 0 Å². The molecule has 0 fully saturated rings. The molecule has 21 heavy (non-hydrogen) atoms. The average Bonchev–Trinajstić information content (AvgIpc) is 2.43. The SMILES string of the molecule is N#Cc1cc2ccccc2nc1S(=O)(=O)CCS(N)(=O)=O. The smallest absolute Gasteiger partial charge is 0.210 e. The first-order valence-corrected chi connectivity index (χ1v) is 9.13. The molecule has 0 spiro atoms. The van der Waals surface area contributed by atoms with Crippen LogP contribution in [0.25, 0.3) is 10.9 Å². The maximum Gasteiger partial charge on any atom is 0.210 e. The molecule has 2 rings (SSSR count). The van der Waals surface area contributed by atoms with Crippen LogP contribution in [-0.2, 0) is 19.9 Å². The molecule has 7 nitrogen and oxygen atoms in total. The second-order valence-corrected chi connectivity index (χ2v) is 8.09. The van der Waals surface area contributed by atoms with Gasteiger partial charge in [0.1, 0.15) is 6.07 Å². The lowest BCUT2D eigenvalue weighted by Crippen LogP contribution is -2.24. The Hall–Kier alpha value is -2.02. The Kier molecular flexibility index (Phi) is 3.95. The first-order valence-electron chi connectivity index (χ1n) is 5.76. The lowest BCUT2D eigenvalue weighted by molar-refractivity contribution is 0.586. The van der Waals surface area contributed by atoms with Gasteiger partial charge >= 0.3 is 0 Å². The minimum absolute atomic E-state index is 0.122. The van der Waals surface area contributed by atoms with Gasteiger partial charge in [0, 0.05) is 5.39 Å². The molecule has 2 N–H and O–H groups in total. The molecule has 9 heteroatoms.